The van der Waals surface area contributed by atoms with Crippen LogP contribution in [0.1, 0.15) is 53.0 Å². The minimum absolute atomic E-state index is 0.458. The van der Waals surface area contributed by atoms with Gasteiger partial charge in [-0.1, -0.05) is 32.9 Å². The van der Waals surface area contributed by atoms with Gasteiger partial charge in [-0.3, -0.25) is 0 Å². The maximum Gasteiger partial charge on any atom is 0.173 e. The van der Waals surface area contributed by atoms with Gasteiger partial charge in [-0.25, -0.2) is 0 Å². The van der Waals surface area contributed by atoms with Crippen molar-refractivity contribution >= 4 is 23.0 Å². The van der Waals surface area contributed by atoms with Crippen LogP contribution in [0.15, 0.2) is 24.3 Å². The van der Waals surface area contributed by atoms with Crippen molar-refractivity contribution in [3.8, 4) is 0 Å². The second kappa shape index (κ2) is 8.25. The molecule has 0 aliphatic carbocycles. The third-order valence-electron chi connectivity index (χ3n) is 3.98. The van der Waals surface area contributed by atoms with E-state index in [1.807, 2.05) is 0 Å². The summed E-state index contributed by atoms with van der Waals surface area (Å²) in [5.41, 5.74) is 2.42. The summed E-state index contributed by atoms with van der Waals surface area (Å²) in [7, 11) is 0. The van der Waals surface area contributed by atoms with Crippen molar-refractivity contribution in [3.05, 3.63) is 29.8 Å². The first-order valence-corrected chi connectivity index (χ1v) is 8.12. The molecule has 0 saturated carbocycles. The molecule has 20 heavy (non-hydrogen) atoms. The number of hydrogen-bond donors (Lipinski definition) is 1. The van der Waals surface area contributed by atoms with Crippen molar-refractivity contribution in [3.63, 3.8) is 0 Å². The van der Waals surface area contributed by atoms with E-state index in [0.29, 0.717) is 12.1 Å². The maximum absolute atomic E-state index is 5.62. The lowest BCUT2D eigenvalue weighted by molar-refractivity contribution is 0.254. The molecule has 0 aliphatic rings. The predicted octanol–water partition coefficient (Wildman–Crippen LogP) is 4.84. The van der Waals surface area contributed by atoms with E-state index in [9.17, 15) is 0 Å². The lowest BCUT2D eigenvalue weighted by Gasteiger charge is -2.36. The quantitative estimate of drug-likeness (QED) is 0.755. The zero-order valence-corrected chi connectivity index (χ0v) is 14.3. The first-order chi connectivity index (χ1) is 9.53. The molecule has 2 atom stereocenters. The average Bonchev–Trinajstić information content (AvgIpc) is 2.47. The summed E-state index contributed by atoms with van der Waals surface area (Å²) in [6.07, 6.45) is 3.26. The smallest absolute Gasteiger partial charge is 0.173 e. The molecule has 0 aromatic heterocycles. The summed E-state index contributed by atoms with van der Waals surface area (Å²) in [6.45, 7) is 11.1. The molecule has 0 aliphatic heterocycles. The van der Waals surface area contributed by atoms with Gasteiger partial charge < -0.3 is 10.2 Å². The first-order valence-electron chi connectivity index (χ1n) is 7.71. The molecule has 3 heteroatoms. The van der Waals surface area contributed by atoms with Gasteiger partial charge in [0.15, 0.2) is 5.11 Å². The van der Waals surface area contributed by atoms with Crippen LogP contribution in [0.3, 0.4) is 0 Å². The van der Waals surface area contributed by atoms with Crippen LogP contribution in [-0.4, -0.2) is 22.1 Å². The first kappa shape index (κ1) is 17.0. The van der Waals surface area contributed by atoms with Crippen LogP contribution in [0.2, 0.25) is 0 Å². The SMILES string of the molecule is CCc1ccc(NC(=S)N(C(C)CC)C(C)CC)cc1. The largest absolute Gasteiger partial charge is 0.344 e. The molecule has 0 heterocycles. The van der Waals surface area contributed by atoms with Gasteiger partial charge in [0.25, 0.3) is 0 Å². The topological polar surface area (TPSA) is 15.3 Å². The molecule has 2 unspecified atom stereocenters. The minimum Gasteiger partial charge on any atom is -0.344 e. The van der Waals surface area contributed by atoms with Gasteiger partial charge in [-0.05, 0) is 63.0 Å². The van der Waals surface area contributed by atoms with Crippen LogP contribution in [0.5, 0.6) is 0 Å². The van der Waals surface area contributed by atoms with Gasteiger partial charge in [0.2, 0.25) is 0 Å². The lowest BCUT2D eigenvalue weighted by atomic mass is 10.1. The highest BCUT2D eigenvalue weighted by molar-refractivity contribution is 7.80. The number of anilines is 1. The molecule has 112 valence electrons. The highest BCUT2D eigenvalue weighted by Crippen LogP contribution is 2.16. The van der Waals surface area contributed by atoms with E-state index in [2.05, 4.69) is 69.1 Å². The molecular formula is C17H28N2S. The van der Waals surface area contributed by atoms with Gasteiger partial charge in [-0.15, -0.1) is 0 Å². The minimum atomic E-state index is 0.458. The summed E-state index contributed by atoms with van der Waals surface area (Å²) in [5.74, 6) is 0. The van der Waals surface area contributed by atoms with Crippen LogP contribution in [0.4, 0.5) is 5.69 Å². The van der Waals surface area contributed by atoms with Crippen molar-refractivity contribution in [1.82, 2.24) is 4.90 Å². The summed E-state index contributed by atoms with van der Waals surface area (Å²) in [4.78, 5) is 2.32. The number of rotatable bonds is 6. The molecule has 1 aromatic carbocycles. The molecule has 0 saturated heterocycles. The molecule has 0 amide bonds. The Hall–Kier alpha value is -1.09. The van der Waals surface area contributed by atoms with Gasteiger partial charge in [0.05, 0.1) is 0 Å². The third-order valence-corrected chi connectivity index (χ3v) is 4.29. The summed E-state index contributed by atoms with van der Waals surface area (Å²) < 4.78 is 0. The van der Waals surface area contributed by atoms with Crippen molar-refractivity contribution in [1.29, 1.82) is 0 Å². The Bertz CT molecular complexity index is 404. The van der Waals surface area contributed by atoms with Crippen molar-refractivity contribution in [2.45, 2.75) is 66.0 Å². The average molecular weight is 292 g/mol. The summed E-state index contributed by atoms with van der Waals surface area (Å²) in [5, 5.41) is 4.21. The van der Waals surface area contributed by atoms with Gasteiger partial charge in [-0.2, -0.15) is 0 Å². The fourth-order valence-electron chi connectivity index (χ4n) is 2.24. The lowest BCUT2D eigenvalue weighted by Crippen LogP contribution is -2.46. The van der Waals surface area contributed by atoms with Gasteiger partial charge >= 0.3 is 0 Å². The Kier molecular flexibility index (Phi) is 7.00. The number of nitrogens with one attached hydrogen (secondary N) is 1. The second-order valence-corrected chi connectivity index (χ2v) is 5.79. The maximum atomic E-state index is 5.62. The zero-order chi connectivity index (χ0) is 15.1. The van der Waals surface area contributed by atoms with E-state index in [4.69, 9.17) is 12.2 Å². The molecule has 1 N–H and O–H groups in total. The van der Waals surface area contributed by atoms with Crippen LogP contribution in [-0.2, 0) is 6.42 Å². The van der Waals surface area contributed by atoms with E-state index in [-0.39, 0.29) is 0 Å². The molecule has 1 rings (SSSR count). The van der Waals surface area contributed by atoms with Crippen LogP contribution < -0.4 is 5.32 Å². The molecule has 2 nitrogen and oxygen atoms in total. The number of benzene rings is 1. The Morgan fingerprint density at radius 3 is 1.95 bits per heavy atom. The Balaban J connectivity index is 2.79. The standard InChI is InChI=1S/C17H28N2S/c1-6-13(4)19(14(5)7-2)17(20)18-16-11-9-15(8-3)10-12-16/h9-14H,6-8H2,1-5H3,(H,18,20). The number of aryl methyl sites for hydroxylation is 1. The predicted molar refractivity (Wildman–Crippen MR) is 93.4 cm³/mol. The monoisotopic (exact) mass is 292 g/mol. The molecule has 0 radical (unpaired) electrons. The van der Waals surface area contributed by atoms with Gasteiger partial charge in [0, 0.05) is 17.8 Å². The Morgan fingerprint density at radius 2 is 1.55 bits per heavy atom. The van der Waals surface area contributed by atoms with E-state index in [1.54, 1.807) is 0 Å². The Labute approximate surface area is 129 Å². The van der Waals surface area contributed by atoms with Crippen LogP contribution >= 0.6 is 12.2 Å². The fourth-order valence-corrected chi connectivity index (χ4v) is 2.72. The summed E-state index contributed by atoms with van der Waals surface area (Å²) in [6, 6.07) is 9.44. The van der Waals surface area contributed by atoms with E-state index < -0.39 is 0 Å². The van der Waals surface area contributed by atoms with Crippen molar-refractivity contribution in [2.24, 2.45) is 0 Å². The highest BCUT2D eigenvalue weighted by atomic mass is 32.1. The van der Waals surface area contributed by atoms with Crippen molar-refractivity contribution in [2.75, 3.05) is 5.32 Å². The highest BCUT2D eigenvalue weighted by Gasteiger charge is 2.20. The van der Waals surface area contributed by atoms with E-state index in [0.717, 1.165) is 30.1 Å². The molecule has 0 bridgehead atoms. The molecule has 0 fully saturated rings. The van der Waals surface area contributed by atoms with Gasteiger partial charge in [0.1, 0.15) is 0 Å². The molecule has 0 spiro atoms. The van der Waals surface area contributed by atoms with E-state index >= 15 is 0 Å². The van der Waals surface area contributed by atoms with Crippen LogP contribution in [0.25, 0.3) is 0 Å². The number of hydrogen-bond acceptors (Lipinski definition) is 1. The van der Waals surface area contributed by atoms with E-state index in [1.165, 1.54) is 5.56 Å². The Morgan fingerprint density at radius 1 is 1.05 bits per heavy atom. The molecular weight excluding hydrogens is 264 g/mol. The number of nitrogens with zero attached hydrogens (tertiary/aromatic N) is 1. The number of thiocarbonyl (C=S) groups is 1. The van der Waals surface area contributed by atoms with Crippen LogP contribution in [0, 0.1) is 0 Å². The summed E-state index contributed by atoms with van der Waals surface area (Å²) >= 11 is 5.62. The zero-order valence-electron chi connectivity index (χ0n) is 13.4. The van der Waals surface area contributed by atoms with Crippen molar-refractivity contribution < 1.29 is 0 Å². The normalized spacial score (nSPS) is 13.7. The molecule has 1 aromatic rings. The second-order valence-electron chi connectivity index (χ2n) is 5.40. The third kappa shape index (κ3) is 4.48. The fraction of sp³-hybridized carbons (Fsp3) is 0.588.